The van der Waals surface area contributed by atoms with Crippen LogP contribution in [0, 0.1) is 18.8 Å². The van der Waals surface area contributed by atoms with Crippen LogP contribution in [0.1, 0.15) is 56.5 Å². The second-order valence-corrected chi connectivity index (χ2v) is 5.66. The van der Waals surface area contributed by atoms with Crippen molar-refractivity contribution in [3.05, 3.63) is 29.6 Å². The molecule has 0 saturated heterocycles. The van der Waals surface area contributed by atoms with Gasteiger partial charge in [0.05, 0.1) is 11.7 Å². The summed E-state index contributed by atoms with van der Waals surface area (Å²) < 4.78 is 0. The maximum atomic E-state index is 4.70. The van der Waals surface area contributed by atoms with E-state index >= 15 is 0 Å². The first-order valence-corrected chi connectivity index (χ1v) is 7.35. The molecule has 0 bridgehead atoms. The monoisotopic (exact) mass is 246 g/mol. The van der Waals surface area contributed by atoms with Crippen molar-refractivity contribution in [1.82, 2.24) is 10.3 Å². The van der Waals surface area contributed by atoms with Crippen molar-refractivity contribution < 1.29 is 0 Å². The first kappa shape index (κ1) is 13.5. The van der Waals surface area contributed by atoms with Gasteiger partial charge in [-0.05, 0) is 50.8 Å². The van der Waals surface area contributed by atoms with E-state index in [1.807, 2.05) is 0 Å². The fourth-order valence-corrected chi connectivity index (χ4v) is 3.29. The van der Waals surface area contributed by atoms with E-state index in [9.17, 15) is 0 Å². The highest BCUT2D eigenvalue weighted by Gasteiger charge is 2.27. The molecule has 1 aliphatic rings. The third-order valence-electron chi connectivity index (χ3n) is 4.48. The fraction of sp³-hybridized carbons (Fsp3) is 0.688. The highest BCUT2D eigenvalue weighted by Crippen LogP contribution is 2.37. The minimum absolute atomic E-state index is 0.433. The Balaban J connectivity index is 2.05. The number of hydrogen-bond acceptors (Lipinski definition) is 2. The van der Waals surface area contributed by atoms with Gasteiger partial charge in [0.2, 0.25) is 0 Å². The fourth-order valence-electron chi connectivity index (χ4n) is 3.29. The van der Waals surface area contributed by atoms with E-state index in [1.54, 1.807) is 0 Å². The van der Waals surface area contributed by atoms with Crippen LogP contribution in [0.4, 0.5) is 0 Å². The van der Waals surface area contributed by atoms with Crippen LogP contribution < -0.4 is 5.32 Å². The third-order valence-corrected chi connectivity index (χ3v) is 4.48. The maximum Gasteiger partial charge on any atom is 0.0579 e. The summed E-state index contributed by atoms with van der Waals surface area (Å²) in [5.74, 6) is 1.72. The van der Waals surface area contributed by atoms with E-state index in [-0.39, 0.29) is 0 Å². The van der Waals surface area contributed by atoms with E-state index in [4.69, 9.17) is 4.98 Å². The molecule has 0 amide bonds. The molecular formula is C16H26N2. The van der Waals surface area contributed by atoms with Gasteiger partial charge in [-0.3, -0.25) is 4.98 Å². The topological polar surface area (TPSA) is 24.9 Å². The molecule has 1 unspecified atom stereocenters. The number of rotatable bonds is 4. The molecular weight excluding hydrogens is 220 g/mol. The van der Waals surface area contributed by atoms with Gasteiger partial charge in [-0.1, -0.05) is 32.3 Å². The molecule has 18 heavy (non-hydrogen) atoms. The predicted octanol–water partition coefficient (Wildman–Crippen LogP) is 3.87. The SMILES string of the molecule is CCC1CCC(C(NC)c2cccc(C)n2)CC1. The largest absolute Gasteiger partial charge is 0.311 e. The number of hydrogen-bond donors (Lipinski definition) is 1. The molecule has 0 radical (unpaired) electrons. The molecule has 1 atom stereocenters. The Morgan fingerprint density at radius 2 is 2.00 bits per heavy atom. The van der Waals surface area contributed by atoms with Gasteiger partial charge in [0.1, 0.15) is 0 Å². The maximum absolute atomic E-state index is 4.70. The summed E-state index contributed by atoms with van der Waals surface area (Å²) in [4.78, 5) is 4.70. The zero-order valence-electron chi connectivity index (χ0n) is 11.9. The van der Waals surface area contributed by atoms with Crippen molar-refractivity contribution in [2.45, 2.75) is 52.0 Å². The molecule has 1 saturated carbocycles. The van der Waals surface area contributed by atoms with Crippen LogP contribution in [-0.2, 0) is 0 Å². The van der Waals surface area contributed by atoms with Crippen molar-refractivity contribution in [1.29, 1.82) is 0 Å². The first-order chi connectivity index (χ1) is 8.74. The summed E-state index contributed by atoms with van der Waals surface area (Å²) in [6.45, 7) is 4.40. The summed E-state index contributed by atoms with van der Waals surface area (Å²) in [6.07, 6.45) is 6.83. The van der Waals surface area contributed by atoms with Crippen LogP contribution in [0.15, 0.2) is 18.2 Å². The van der Waals surface area contributed by atoms with Crippen molar-refractivity contribution in [2.75, 3.05) is 7.05 Å². The minimum atomic E-state index is 0.433. The summed E-state index contributed by atoms with van der Waals surface area (Å²) >= 11 is 0. The zero-order valence-corrected chi connectivity index (χ0v) is 11.9. The summed E-state index contributed by atoms with van der Waals surface area (Å²) in [5.41, 5.74) is 2.34. The molecule has 2 nitrogen and oxygen atoms in total. The lowest BCUT2D eigenvalue weighted by Crippen LogP contribution is -2.29. The number of aryl methyl sites for hydroxylation is 1. The Bertz CT molecular complexity index is 367. The highest BCUT2D eigenvalue weighted by atomic mass is 14.9. The van der Waals surface area contributed by atoms with Crippen molar-refractivity contribution in [2.24, 2.45) is 11.8 Å². The van der Waals surface area contributed by atoms with Crippen LogP contribution in [0.3, 0.4) is 0 Å². The average Bonchev–Trinajstić information content (AvgIpc) is 2.40. The van der Waals surface area contributed by atoms with Crippen LogP contribution >= 0.6 is 0 Å². The minimum Gasteiger partial charge on any atom is -0.311 e. The molecule has 2 heteroatoms. The lowest BCUT2D eigenvalue weighted by molar-refractivity contribution is 0.222. The molecule has 0 aromatic carbocycles. The summed E-state index contributed by atoms with van der Waals surface area (Å²) in [7, 11) is 2.07. The van der Waals surface area contributed by atoms with Crippen molar-refractivity contribution in [3.8, 4) is 0 Å². The van der Waals surface area contributed by atoms with Crippen molar-refractivity contribution in [3.63, 3.8) is 0 Å². The first-order valence-electron chi connectivity index (χ1n) is 7.35. The zero-order chi connectivity index (χ0) is 13.0. The lowest BCUT2D eigenvalue weighted by Gasteiger charge is -2.33. The van der Waals surface area contributed by atoms with Gasteiger partial charge >= 0.3 is 0 Å². The summed E-state index contributed by atoms with van der Waals surface area (Å²) in [5, 5.41) is 3.49. The second-order valence-electron chi connectivity index (χ2n) is 5.66. The van der Waals surface area contributed by atoms with Gasteiger partial charge in [-0.25, -0.2) is 0 Å². The second kappa shape index (κ2) is 6.33. The van der Waals surface area contributed by atoms with E-state index in [2.05, 4.69) is 44.4 Å². The average molecular weight is 246 g/mol. The Hall–Kier alpha value is -0.890. The number of nitrogens with one attached hydrogen (secondary N) is 1. The normalized spacial score (nSPS) is 25.9. The molecule has 2 rings (SSSR count). The highest BCUT2D eigenvalue weighted by molar-refractivity contribution is 5.14. The van der Waals surface area contributed by atoms with Gasteiger partial charge in [0, 0.05) is 5.69 Å². The van der Waals surface area contributed by atoms with E-state index in [0.717, 1.165) is 17.5 Å². The smallest absolute Gasteiger partial charge is 0.0579 e. The van der Waals surface area contributed by atoms with Gasteiger partial charge < -0.3 is 5.32 Å². The Morgan fingerprint density at radius 1 is 1.28 bits per heavy atom. The Morgan fingerprint density at radius 3 is 2.56 bits per heavy atom. The van der Waals surface area contributed by atoms with E-state index in [1.165, 1.54) is 37.8 Å². The molecule has 0 aliphatic heterocycles. The van der Waals surface area contributed by atoms with Gasteiger partial charge in [0.25, 0.3) is 0 Å². The van der Waals surface area contributed by atoms with E-state index in [0.29, 0.717) is 6.04 Å². The van der Waals surface area contributed by atoms with Crippen LogP contribution in [0.25, 0.3) is 0 Å². The standard InChI is InChI=1S/C16H26N2/c1-4-13-8-10-14(11-9-13)16(17-3)15-7-5-6-12(2)18-15/h5-7,13-14,16-17H,4,8-11H2,1-3H3. The third kappa shape index (κ3) is 3.11. The molecule has 1 N–H and O–H groups in total. The van der Waals surface area contributed by atoms with Crippen LogP contribution in [0.2, 0.25) is 0 Å². The molecule has 100 valence electrons. The van der Waals surface area contributed by atoms with Crippen LogP contribution in [0.5, 0.6) is 0 Å². The molecule has 1 heterocycles. The molecule has 1 aromatic heterocycles. The molecule has 1 aliphatic carbocycles. The van der Waals surface area contributed by atoms with Gasteiger partial charge in [0.15, 0.2) is 0 Å². The van der Waals surface area contributed by atoms with E-state index < -0.39 is 0 Å². The van der Waals surface area contributed by atoms with Crippen molar-refractivity contribution >= 4 is 0 Å². The predicted molar refractivity (Wildman–Crippen MR) is 76.5 cm³/mol. The molecule has 1 fully saturated rings. The summed E-state index contributed by atoms with van der Waals surface area (Å²) in [6, 6.07) is 6.80. The number of pyridine rings is 1. The van der Waals surface area contributed by atoms with Gasteiger partial charge in [-0.2, -0.15) is 0 Å². The lowest BCUT2D eigenvalue weighted by atomic mass is 9.77. The van der Waals surface area contributed by atoms with Crippen LogP contribution in [-0.4, -0.2) is 12.0 Å². The Kier molecular flexibility index (Phi) is 4.76. The number of nitrogens with zero attached hydrogens (tertiary/aromatic N) is 1. The molecule has 1 aromatic rings. The number of aromatic nitrogens is 1. The van der Waals surface area contributed by atoms with Gasteiger partial charge in [-0.15, -0.1) is 0 Å². The quantitative estimate of drug-likeness (QED) is 0.872. The Labute approximate surface area is 111 Å². The molecule has 0 spiro atoms.